The number of carbonyl (C=O) groups excluding carboxylic acids is 1. The highest BCUT2D eigenvalue weighted by atomic mass is 32.2. The molecule has 2 aromatic rings. The number of nitrogens with zero attached hydrogens (tertiary/aromatic N) is 5. The van der Waals surface area contributed by atoms with Gasteiger partial charge in [0.05, 0.1) is 12.9 Å². The zero-order valence-corrected chi connectivity index (χ0v) is 19.9. The molecule has 0 unspecified atom stereocenters. The lowest BCUT2D eigenvalue weighted by molar-refractivity contribution is -0.417. The average Bonchev–Trinajstić information content (AvgIpc) is 2.83. The third-order valence-corrected chi connectivity index (χ3v) is 5.00. The lowest BCUT2D eigenvalue weighted by Crippen LogP contribution is -2.70. The molecule has 1 aromatic heterocycles. The van der Waals surface area contributed by atoms with Crippen LogP contribution >= 0.6 is 0 Å². The summed E-state index contributed by atoms with van der Waals surface area (Å²) in [5.74, 6) is 0.390. The molecule has 1 aromatic carbocycles. The second kappa shape index (κ2) is 13.1. The van der Waals surface area contributed by atoms with E-state index in [1.54, 1.807) is 31.2 Å². The molecule has 0 radical (unpaired) electrons. The summed E-state index contributed by atoms with van der Waals surface area (Å²) in [7, 11) is -3.82. The Hall–Kier alpha value is -3.15. The van der Waals surface area contributed by atoms with Crippen molar-refractivity contribution in [3.8, 4) is 11.4 Å². The summed E-state index contributed by atoms with van der Waals surface area (Å²) in [5.41, 5.74) is 5.09. The fraction of sp³-hybridized carbons (Fsp3) is 0.474. The van der Waals surface area contributed by atoms with Gasteiger partial charge < -0.3 is 31.2 Å². The van der Waals surface area contributed by atoms with E-state index in [2.05, 4.69) is 40.8 Å². The van der Waals surface area contributed by atoms with Crippen LogP contribution in [0.1, 0.15) is 11.4 Å². The molecule has 0 spiro atoms. The molecule has 0 bridgehead atoms. The minimum absolute atomic E-state index is 0.230. The largest absolute Gasteiger partial charge is 0.388 e. The maximum atomic E-state index is 11.9. The third kappa shape index (κ3) is 9.93. The molecule has 0 aliphatic rings. The average molecular weight is 515 g/mol. The van der Waals surface area contributed by atoms with E-state index >= 15 is 0 Å². The lowest BCUT2D eigenvalue weighted by atomic mass is 10.0. The lowest BCUT2D eigenvalue weighted by Gasteiger charge is -2.23. The molecule has 15 nitrogen and oxygen atoms in total. The number of aliphatic hydroxyl groups is 3. The molecule has 0 saturated carbocycles. The highest BCUT2D eigenvalue weighted by molar-refractivity contribution is 7.85. The quantitative estimate of drug-likeness (QED) is 0.0996. The van der Waals surface area contributed by atoms with Crippen LogP contribution in [0.3, 0.4) is 0 Å². The van der Waals surface area contributed by atoms with Crippen LogP contribution in [-0.2, 0) is 30.5 Å². The Morgan fingerprint density at radius 1 is 1.14 bits per heavy atom. The summed E-state index contributed by atoms with van der Waals surface area (Å²) in [5, 5.41) is 51.3. The van der Waals surface area contributed by atoms with E-state index in [1.165, 1.54) is 0 Å². The molecule has 16 heteroatoms. The van der Waals surface area contributed by atoms with Gasteiger partial charge in [-0.25, -0.2) is 0 Å². The second-order valence-electron chi connectivity index (χ2n) is 7.47. The number of hydrogen-bond donors (Lipinski definition) is 5. The standard InChI is InChI=1S/C19H27N7O8S/c1-11-23-25-19(26-24-11)13-5-3-12(4-6-13)7-21-16(28)10-33-22-8-14(20)17(29)18(30)15(27)9-34-35(2,31)32/h3-6,8,14-15,17-18,27,29-30H,7,9-10,20H2,1-2H3,(H,21,28)/p+1/b22-8+/t14-,15+,17+,18+/m0/s1. The molecule has 192 valence electrons. The number of oxime groups is 1. The van der Waals surface area contributed by atoms with Gasteiger partial charge in [0, 0.05) is 12.1 Å². The fourth-order valence-corrected chi connectivity index (χ4v) is 2.88. The zero-order chi connectivity index (χ0) is 26.0. The minimum Gasteiger partial charge on any atom is -0.388 e. The van der Waals surface area contributed by atoms with Gasteiger partial charge >= 0.3 is 0 Å². The Balaban J connectivity index is 1.72. The van der Waals surface area contributed by atoms with E-state index in [0.29, 0.717) is 11.6 Å². The first-order valence-corrected chi connectivity index (χ1v) is 12.0. The molecule has 7 N–H and O–H groups in total. The number of quaternary nitrogens is 1. The molecule has 1 amide bonds. The number of aromatic nitrogens is 4. The first kappa shape index (κ1) is 28.1. The number of rotatable bonds is 13. The summed E-state index contributed by atoms with van der Waals surface area (Å²) in [6, 6.07) is 6.08. The molecule has 2 rings (SSSR count). The van der Waals surface area contributed by atoms with Crippen LogP contribution in [0.4, 0.5) is 0 Å². The van der Waals surface area contributed by atoms with Crippen molar-refractivity contribution in [3.05, 3.63) is 35.7 Å². The van der Waals surface area contributed by atoms with Gasteiger partial charge in [-0.15, -0.1) is 20.4 Å². The van der Waals surface area contributed by atoms with Gasteiger partial charge in [0.25, 0.3) is 16.0 Å². The van der Waals surface area contributed by atoms with Crippen molar-refractivity contribution in [1.29, 1.82) is 0 Å². The second-order valence-corrected chi connectivity index (χ2v) is 9.12. The van der Waals surface area contributed by atoms with Crippen LogP contribution in [0.5, 0.6) is 0 Å². The number of aryl methyl sites for hydroxylation is 1. The van der Waals surface area contributed by atoms with Gasteiger partial charge in [-0.1, -0.05) is 29.4 Å². The van der Waals surface area contributed by atoms with E-state index < -0.39 is 53.6 Å². The summed E-state index contributed by atoms with van der Waals surface area (Å²) >= 11 is 0. The molecule has 0 fully saturated rings. The van der Waals surface area contributed by atoms with Crippen LogP contribution in [0.15, 0.2) is 29.4 Å². The predicted molar refractivity (Wildman–Crippen MR) is 120 cm³/mol. The maximum Gasteiger partial charge on any atom is 0.264 e. The van der Waals surface area contributed by atoms with Gasteiger partial charge in [0.2, 0.25) is 5.82 Å². The Labute approximate surface area is 201 Å². The van der Waals surface area contributed by atoms with Crippen molar-refractivity contribution in [3.63, 3.8) is 0 Å². The topological polar surface area (TPSA) is 234 Å². The first-order valence-electron chi connectivity index (χ1n) is 10.2. The SMILES string of the molecule is Cc1nnc(-c2ccc(CNC(=O)CO/N=C/[C@H]([NH3+])[C@@H](O)[C@H](O)[C@H](O)COS(C)(=O)=O)cc2)nn1. The first-order chi connectivity index (χ1) is 16.5. The van der Waals surface area contributed by atoms with E-state index in [4.69, 9.17) is 4.84 Å². The number of hydrogen-bond acceptors (Lipinski definition) is 13. The highest BCUT2D eigenvalue weighted by Gasteiger charge is 2.31. The molecule has 0 saturated heterocycles. The Kier molecular flexibility index (Phi) is 10.5. The van der Waals surface area contributed by atoms with Gasteiger partial charge in [0.15, 0.2) is 18.5 Å². The van der Waals surface area contributed by atoms with Crippen LogP contribution in [0, 0.1) is 6.92 Å². The smallest absolute Gasteiger partial charge is 0.264 e. The van der Waals surface area contributed by atoms with Crippen molar-refractivity contribution in [1.82, 2.24) is 25.7 Å². The summed E-state index contributed by atoms with van der Waals surface area (Å²) in [6.07, 6.45) is -3.24. The summed E-state index contributed by atoms with van der Waals surface area (Å²) < 4.78 is 26.2. The van der Waals surface area contributed by atoms with Gasteiger partial charge in [-0.05, 0) is 12.5 Å². The fourth-order valence-electron chi connectivity index (χ4n) is 2.50. The van der Waals surface area contributed by atoms with Crippen LogP contribution in [-0.4, -0.2) is 100 Å². The number of benzene rings is 1. The number of amides is 1. The highest BCUT2D eigenvalue weighted by Crippen LogP contribution is 2.14. The third-order valence-electron chi connectivity index (χ3n) is 4.44. The van der Waals surface area contributed by atoms with Crippen molar-refractivity contribution in [2.24, 2.45) is 5.16 Å². The summed E-state index contributed by atoms with van der Waals surface area (Å²) in [4.78, 5) is 16.8. The minimum atomic E-state index is -3.82. The van der Waals surface area contributed by atoms with Crippen molar-refractivity contribution >= 4 is 22.2 Å². The Morgan fingerprint density at radius 2 is 1.77 bits per heavy atom. The van der Waals surface area contributed by atoms with Crippen molar-refractivity contribution in [2.75, 3.05) is 19.5 Å². The van der Waals surface area contributed by atoms with Crippen LogP contribution in [0.25, 0.3) is 11.4 Å². The number of nitrogens with one attached hydrogen (secondary N) is 1. The van der Waals surface area contributed by atoms with Gasteiger partial charge in [-0.3, -0.25) is 8.98 Å². The molecular formula is C19H28N7O8S+. The number of carbonyl (C=O) groups is 1. The predicted octanol–water partition coefficient (Wildman–Crippen LogP) is -3.47. The normalized spacial score (nSPS) is 15.4. The van der Waals surface area contributed by atoms with E-state index in [9.17, 15) is 28.5 Å². The van der Waals surface area contributed by atoms with Crippen LogP contribution < -0.4 is 11.1 Å². The van der Waals surface area contributed by atoms with Gasteiger partial charge in [-0.2, -0.15) is 8.42 Å². The molecular weight excluding hydrogens is 486 g/mol. The monoisotopic (exact) mass is 514 g/mol. The summed E-state index contributed by atoms with van der Waals surface area (Å²) in [6.45, 7) is 0.756. The molecule has 1 heterocycles. The van der Waals surface area contributed by atoms with E-state index in [-0.39, 0.29) is 6.54 Å². The Morgan fingerprint density at radius 3 is 2.37 bits per heavy atom. The van der Waals surface area contributed by atoms with E-state index in [0.717, 1.165) is 23.6 Å². The molecule has 0 aliphatic heterocycles. The van der Waals surface area contributed by atoms with Crippen molar-refractivity contribution < 1.29 is 43.3 Å². The number of aliphatic hydroxyl groups excluding tert-OH is 3. The Bertz CT molecular complexity index is 1080. The van der Waals surface area contributed by atoms with E-state index in [1.807, 2.05) is 0 Å². The molecule has 35 heavy (non-hydrogen) atoms. The van der Waals surface area contributed by atoms with Crippen LogP contribution in [0.2, 0.25) is 0 Å². The molecule has 0 aliphatic carbocycles. The zero-order valence-electron chi connectivity index (χ0n) is 19.1. The maximum absolute atomic E-state index is 11.9. The molecule has 4 atom stereocenters. The van der Waals surface area contributed by atoms with Gasteiger partial charge in [0.1, 0.15) is 24.5 Å². The van der Waals surface area contributed by atoms with Crippen molar-refractivity contribution in [2.45, 2.75) is 37.8 Å².